The number of aromatic nitrogens is 2. The molecule has 104 valence electrons. The zero-order chi connectivity index (χ0) is 13.9. The van der Waals surface area contributed by atoms with Gasteiger partial charge in [0.1, 0.15) is 5.82 Å². The first-order valence-corrected chi connectivity index (χ1v) is 6.74. The van der Waals surface area contributed by atoms with E-state index in [1.54, 1.807) is 18.3 Å². The van der Waals surface area contributed by atoms with Gasteiger partial charge in [0, 0.05) is 30.2 Å². The summed E-state index contributed by atoms with van der Waals surface area (Å²) in [5, 5.41) is 14.2. The number of aromatic amines is 1. The van der Waals surface area contributed by atoms with Crippen LogP contribution in [0.2, 0.25) is 0 Å². The fourth-order valence-corrected chi connectivity index (χ4v) is 2.56. The molecule has 20 heavy (non-hydrogen) atoms. The van der Waals surface area contributed by atoms with Crippen LogP contribution in [0.4, 0.5) is 5.69 Å². The summed E-state index contributed by atoms with van der Waals surface area (Å²) in [7, 11) is 0. The largest absolute Gasteiger partial charge is 0.342 e. The van der Waals surface area contributed by atoms with Gasteiger partial charge in [0.25, 0.3) is 5.69 Å². The molecule has 1 atom stereocenters. The van der Waals surface area contributed by atoms with Gasteiger partial charge in [0.05, 0.1) is 16.8 Å². The Hall–Kier alpha value is -2.21. The van der Waals surface area contributed by atoms with Crippen LogP contribution in [0.25, 0.3) is 11.3 Å². The third-order valence-corrected chi connectivity index (χ3v) is 3.65. The summed E-state index contributed by atoms with van der Waals surface area (Å²) in [6.07, 6.45) is 4.02. The molecular weight excluding hydrogens is 256 g/mol. The van der Waals surface area contributed by atoms with Crippen LogP contribution < -0.4 is 5.32 Å². The molecule has 1 unspecified atom stereocenters. The minimum Gasteiger partial charge on any atom is -0.342 e. The van der Waals surface area contributed by atoms with Crippen LogP contribution in [0.5, 0.6) is 0 Å². The van der Waals surface area contributed by atoms with Crippen molar-refractivity contribution in [1.82, 2.24) is 15.3 Å². The molecule has 6 heteroatoms. The zero-order valence-corrected chi connectivity index (χ0v) is 11.0. The predicted molar refractivity (Wildman–Crippen MR) is 75.5 cm³/mol. The Balaban J connectivity index is 1.85. The molecule has 0 saturated carbocycles. The van der Waals surface area contributed by atoms with Crippen molar-refractivity contribution >= 4 is 5.69 Å². The third kappa shape index (κ3) is 2.55. The molecule has 1 saturated heterocycles. The zero-order valence-electron chi connectivity index (χ0n) is 11.0. The van der Waals surface area contributed by atoms with E-state index >= 15 is 0 Å². The Bertz CT molecular complexity index is 617. The molecule has 0 radical (unpaired) electrons. The smallest absolute Gasteiger partial charge is 0.270 e. The average Bonchev–Trinajstić information content (AvgIpc) is 2.98. The lowest BCUT2D eigenvalue weighted by molar-refractivity contribution is -0.384. The van der Waals surface area contributed by atoms with Crippen LogP contribution in [-0.2, 0) is 0 Å². The van der Waals surface area contributed by atoms with E-state index in [1.807, 2.05) is 6.07 Å². The molecule has 1 fully saturated rings. The number of hydrogen-bond acceptors (Lipinski definition) is 4. The van der Waals surface area contributed by atoms with Crippen molar-refractivity contribution in [3.63, 3.8) is 0 Å². The molecule has 6 nitrogen and oxygen atoms in total. The van der Waals surface area contributed by atoms with Gasteiger partial charge in [0.2, 0.25) is 0 Å². The van der Waals surface area contributed by atoms with Crippen molar-refractivity contribution in [3.8, 4) is 11.3 Å². The fraction of sp³-hybridized carbons (Fsp3) is 0.357. The van der Waals surface area contributed by atoms with Gasteiger partial charge in [-0.1, -0.05) is 12.1 Å². The number of rotatable bonds is 3. The number of piperidine rings is 1. The first-order chi connectivity index (χ1) is 9.74. The standard InChI is InChI=1S/C14H16N4O2/c19-18(20)12-5-1-3-10(7-12)13-9-16-14(17-13)11-4-2-6-15-8-11/h1,3,5,7,9,11,15H,2,4,6,8H2,(H,16,17). The number of benzene rings is 1. The van der Waals surface area contributed by atoms with E-state index in [9.17, 15) is 10.1 Å². The Morgan fingerprint density at radius 2 is 2.30 bits per heavy atom. The van der Waals surface area contributed by atoms with Gasteiger partial charge in [-0.2, -0.15) is 0 Å². The number of nitrogens with zero attached hydrogens (tertiary/aromatic N) is 2. The van der Waals surface area contributed by atoms with Crippen molar-refractivity contribution in [2.75, 3.05) is 13.1 Å². The molecule has 1 aliphatic rings. The van der Waals surface area contributed by atoms with Crippen LogP contribution in [0, 0.1) is 10.1 Å². The summed E-state index contributed by atoms with van der Waals surface area (Å²) in [6.45, 7) is 2.00. The molecule has 2 heterocycles. The second-order valence-electron chi connectivity index (χ2n) is 5.03. The minimum absolute atomic E-state index is 0.0954. The first-order valence-electron chi connectivity index (χ1n) is 6.74. The molecule has 3 rings (SSSR count). The van der Waals surface area contributed by atoms with Crippen LogP contribution in [-0.4, -0.2) is 28.0 Å². The van der Waals surface area contributed by atoms with E-state index in [0.29, 0.717) is 5.92 Å². The van der Waals surface area contributed by atoms with Crippen LogP contribution in [0.3, 0.4) is 0 Å². The molecule has 2 N–H and O–H groups in total. The molecular formula is C14H16N4O2. The number of nitro benzene ring substituents is 1. The van der Waals surface area contributed by atoms with Gasteiger partial charge in [-0.3, -0.25) is 10.1 Å². The monoisotopic (exact) mass is 272 g/mol. The second-order valence-corrected chi connectivity index (χ2v) is 5.03. The van der Waals surface area contributed by atoms with Gasteiger partial charge < -0.3 is 10.3 Å². The number of nitrogens with one attached hydrogen (secondary N) is 2. The van der Waals surface area contributed by atoms with Gasteiger partial charge in [-0.15, -0.1) is 0 Å². The minimum atomic E-state index is -0.383. The molecule has 1 aromatic carbocycles. The number of imidazole rings is 1. The number of hydrogen-bond donors (Lipinski definition) is 2. The Morgan fingerprint density at radius 1 is 1.40 bits per heavy atom. The first kappa shape index (κ1) is 12.8. The van der Waals surface area contributed by atoms with Crippen LogP contribution in [0.1, 0.15) is 24.6 Å². The predicted octanol–water partition coefficient (Wildman–Crippen LogP) is 2.45. The molecule has 0 spiro atoms. The quantitative estimate of drug-likeness (QED) is 0.664. The highest BCUT2D eigenvalue weighted by Gasteiger charge is 2.18. The Morgan fingerprint density at radius 3 is 3.05 bits per heavy atom. The highest BCUT2D eigenvalue weighted by molar-refractivity contribution is 5.62. The summed E-state index contributed by atoms with van der Waals surface area (Å²) in [4.78, 5) is 18.1. The van der Waals surface area contributed by atoms with Crippen LogP contribution in [0.15, 0.2) is 30.5 Å². The maximum atomic E-state index is 10.8. The highest BCUT2D eigenvalue weighted by Crippen LogP contribution is 2.26. The van der Waals surface area contributed by atoms with Crippen molar-refractivity contribution in [2.24, 2.45) is 0 Å². The third-order valence-electron chi connectivity index (χ3n) is 3.65. The van der Waals surface area contributed by atoms with E-state index < -0.39 is 0 Å². The van der Waals surface area contributed by atoms with E-state index in [0.717, 1.165) is 43.0 Å². The van der Waals surface area contributed by atoms with Crippen LogP contribution >= 0.6 is 0 Å². The van der Waals surface area contributed by atoms with E-state index in [2.05, 4.69) is 15.3 Å². The number of H-pyrrole nitrogens is 1. The molecule has 1 aliphatic heterocycles. The van der Waals surface area contributed by atoms with Gasteiger partial charge >= 0.3 is 0 Å². The van der Waals surface area contributed by atoms with E-state index in [4.69, 9.17) is 0 Å². The summed E-state index contributed by atoms with van der Waals surface area (Å²) in [5.41, 5.74) is 1.72. The fourth-order valence-electron chi connectivity index (χ4n) is 2.56. The maximum Gasteiger partial charge on any atom is 0.270 e. The van der Waals surface area contributed by atoms with E-state index in [-0.39, 0.29) is 10.6 Å². The molecule has 2 aromatic rings. The normalized spacial score (nSPS) is 18.9. The van der Waals surface area contributed by atoms with Crippen molar-refractivity contribution in [1.29, 1.82) is 0 Å². The molecule has 0 amide bonds. The van der Waals surface area contributed by atoms with E-state index in [1.165, 1.54) is 6.07 Å². The van der Waals surface area contributed by atoms with Gasteiger partial charge in [-0.05, 0) is 19.4 Å². The lowest BCUT2D eigenvalue weighted by Crippen LogP contribution is -2.28. The van der Waals surface area contributed by atoms with Gasteiger partial charge in [0.15, 0.2) is 0 Å². The lowest BCUT2D eigenvalue weighted by atomic mass is 9.99. The molecule has 0 aliphatic carbocycles. The van der Waals surface area contributed by atoms with Gasteiger partial charge in [-0.25, -0.2) is 4.98 Å². The Labute approximate surface area is 116 Å². The SMILES string of the molecule is O=[N+]([O-])c1cccc(-c2cnc(C3CCCNC3)[nH]2)c1. The van der Waals surface area contributed by atoms with Crippen molar-refractivity contribution in [3.05, 3.63) is 46.4 Å². The maximum absolute atomic E-state index is 10.8. The average molecular weight is 272 g/mol. The molecule has 0 bridgehead atoms. The Kier molecular flexibility index (Phi) is 3.47. The summed E-state index contributed by atoms with van der Waals surface area (Å²) in [5.74, 6) is 1.36. The second kappa shape index (κ2) is 5.42. The highest BCUT2D eigenvalue weighted by atomic mass is 16.6. The summed E-state index contributed by atoms with van der Waals surface area (Å²) >= 11 is 0. The summed E-state index contributed by atoms with van der Waals surface area (Å²) in [6, 6.07) is 6.60. The summed E-state index contributed by atoms with van der Waals surface area (Å²) < 4.78 is 0. The van der Waals surface area contributed by atoms with Crippen molar-refractivity contribution in [2.45, 2.75) is 18.8 Å². The topological polar surface area (TPSA) is 83.8 Å². The number of nitro groups is 1. The van der Waals surface area contributed by atoms with Crippen molar-refractivity contribution < 1.29 is 4.92 Å². The molecule has 1 aromatic heterocycles. The lowest BCUT2D eigenvalue weighted by Gasteiger charge is -2.20. The number of non-ortho nitro benzene ring substituents is 1.